The van der Waals surface area contributed by atoms with Gasteiger partial charge in [-0.3, -0.25) is 9.69 Å². The quantitative estimate of drug-likeness (QED) is 0.799. The molecule has 4 nitrogen and oxygen atoms in total. The second-order valence-electron chi connectivity index (χ2n) is 4.09. The Bertz CT molecular complexity index is 490. The normalized spacial score (nSPS) is 18.1. The summed E-state index contributed by atoms with van der Waals surface area (Å²) in [5.41, 5.74) is 2.91. The number of amides is 1. The SMILES string of the molecule is CCNC1C(=O)N(CC#N)c2c(C)cccc21. The molecule has 1 atom stereocenters. The molecular weight excluding hydrogens is 214 g/mol. The minimum Gasteiger partial charge on any atom is -0.302 e. The van der Waals surface area contributed by atoms with E-state index in [9.17, 15) is 4.79 Å². The summed E-state index contributed by atoms with van der Waals surface area (Å²) in [6.45, 7) is 4.77. The standard InChI is InChI=1S/C13H15N3O/c1-3-15-11-10-6-4-5-9(2)12(10)16(8-7-14)13(11)17/h4-6,11,15H,3,8H2,1-2H3. The number of likely N-dealkylation sites (N-methyl/N-ethyl adjacent to an activating group) is 1. The van der Waals surface area contributed by atoms with Gasteiger partial charge in [0, 0.05) is 5.56 Å². The van der Waals surface area contributed by atoms with E-state index < -0.39 is 0 Å². The predicted molar refractivity (Wildman–Crippen MR) is 65.6 cm³/mol. The topological polar surface area (TPSA) is 56.1 Å². The summed E-state index contributed by atoms with van der Waals surface area (Å²) in [6.07, 6.45) is 0. The summed E-state index contributed by atoms with van der Waals surface area (Å²) < 4.78 is 0. The second kappa shape index (κ2) is 4.56. The molecule has 1 aliphatic heterocycles. The van der Waals surface area contributed by atoms with Crippen LogP contribution in [0.25, 0.3) is 0 Å². The number of benzene rings is 1. The molecule has 17 heavy (non-hydrogen) atoms. The van der Waals surface area contributed by atoms with E-state index >= 15 is 0 Å². The van der Waals surface area contributed by atoms with Crippen molar-refractivity contribution in [3.63, 3.8) is 0 Å². The minimum absolute atomic E-state index is 0.0299. The molecule has 1 aliphatic rings. The smallest absolute Gasteiger partial charge is 0.249 e. The fourth-order valence-corrected chi connectivity index (χ4v) is 2.31. The first-order chi connectivity index (χ1) is 8.20. The third-order valence-corrected chi connectivity index (χ3v) is 3.00. The van der Waals surface area contributed by atoms with Gasteiger partial charge in [-0.15, -0.1) is 0 Å². The van der Waals surface area contributed by atoms with Gasteiger partial charge in [0.2, 0.25) is 5.91 Å². The van der Waals surface area contributed by atoms with Crippen molar-refractivity contribution in [2.75, 3.05) is 18.0 Å². The van der Waals surface area contributed by atoms with Crippen molar-refractivity contribution in [1.82, 2.24) is 5.32 Å². The Morgan fingerprint density at radius 3 is 2.94 bits per heavy atom. The molecule has 0 saturated heterocycles. The Balaban J connectivity index is 2.50. The van der Waals surface area contributed by atoms with Crippen molar-refractivity contribution in [2.24, 2.45) is 0 Å². The largest absolute Gasteiger partial charge is 0.302 e. The molecule has 2 rings (SSSR count). The summed E-state index contributed by atoms with van der Waals surface area (Å²) in [6, 6.07) is 7.60. The number of nitriles is 1. The lowest BCUT2D eigenvalue weighted by molar-refractivity contribution is -0.119. The number of anilines is 1. The van der Waals surface area contributed by atoms with E-state index in [4.69, 9.17) is 5.26 Å². The molecule has 0 radical (unpaired) electrons. The second-order valence-corrected chi connectivity index (χ2v) is 4.09. The first-order valence-electron chi connectivity index (χ1n) is 5.72. The van der Waals surface area contributed by atoms with Gasteiger partial charge in [0.25, 0.3) is 0 Å². The van der Waals surface area contributed by atoms with E-state index in [1.54, 1.807) is 4.90 Å². The minimum atomic E-state index is -0.303. The lowest BCUT2D eigenvalue weighted by atomic mass is 10.1. The Morgan fingerprint density at radius 2 is 2.29 bits per heavy atom. The summed E-state index contributed by atoms with van der Waals surface area (Å²) in [4.78, 5) is 13.8. The fourth-order valence-electron chi connectivity index (χ4n) is 2.31. The number of para-hydroxylation sites is 1. The van der Waals surface area contributed by atoms with Gasteiger partial charge in [-0.25, -0.2) is 0 Å². The highest BCUT2D eigenvalue weighted by Gasteiger charge is 2.37. The number of rotatable bonds is 3. The first kappa shape index (κ1) is 11.6. The Labute approximate surface area is 101 Å². The van der Waals surface area contributed by atoms with Gasteiger partial charge in [0.1, 0.15) is 12.6 Å². The maximum absolute atomic E-state index is 12.2. The average molecular weight is 229 g/mol. The lowest BCUT2D eigenvalue weighted by Gasteiger charge is -2.15. The summed E-state index contributed by atoms with van der Waals surface area (Å²) >= 11 is 0. The van der Waals surface area contributed by atoms with Gasteiger partial charge >= 0.3 is 0 Å². The summed E-state index contributed by atoms with van der Waals surface area (Å²) in [5.74, 6) is -0.0299. The molecule has 0 aliphatic carbocycles. The zero-order valence-corrected chi connectivity index (χ0v) is 10.0. The van der Waals surface area contributed by atoms with Gasteiger partial charge < -0.3 is 5.32 Å². The van der Waals surface area contributed by atoms with E-state index in [2.05, 4.69) is 5.32 Å². The van der Waals surface area contributed by atoms with Crippen LogP contribution < -0.4 is 10.2 Å². The van der Waals surface area contributed by atoms with Crippen molar-refractivity contribution >= 4 is 11.6 Å². The van der Waals surface area contributed by atoms with E-state index in [-0.39, 0.29) is 18.5 Å². The number of carbonyl (C=O) groups is 1. The van der Waals surface area contributed by atoms with Crippen LogP contribution in [0.2, 0.25) is 0 Å². The van der Waals surface area contributed by atoms with Crippen molar-refractivity contribution in [2.45, 2.75) is 19.9 Å². The van der Waals surface area contributed by atoms with Crippen LogP contribution in [0.3, 0.4) is 0 Å². The molecule has 1 N–H and O–H groups in total. The third kappa shape index (κ3) is 1.79. The number of carbonyl (C=O) groups excluding carboxylic acids is 1. The number of hydrogen-bond acceptors (Lipinski definition) is 3. The Morgan fingerprint density at radius 1 is 1.53 bits per heavy atom. The van der Waals surface area contributed by atoms with Crippen molar-refractivity contribution in [1.29, 1.82) is 5.26 Å². The number of hydrogen-bond donors (Lipinski definition) is 1. The van der Waals surface area contributed by atoms with Crippen molar-refractivity contribution < 1.29 is 4.79 Å². The van der Waals surface area contributed by atoms with Crippen LogP contribution in [-0.4, -0.2) is 19.0 Å². The van der Waals surface area contributed by atoms with Gasteiger partial charge in [0.05, 0.1) is 11.8 Å². The molecular formula is C13H15N3O. The summed E-state index contributed by atoms with van der Waals surface area (Å²) in [5, 5.41) is 12.0. The van der Waals surface area contributed by atoms with E-state index in [0.717, 1.165) is 23.4 Å². The maximum Gasteiger partial charge on any atom is 0.249 e. The molecule has 1 aromatic carbocycles. The molecule has 1 unspecified atom stereocenters. The molecule has 0 aromatic heterocycles. The highest BCUT2D eigenvalue weighted by molar-refractivity contribution is 6.05. The Kier molecular flexibility index (Phi) is 3.12. The van der Waals surface area contributed by atoms with Crippen LogP contribution in [0.5, 0.6) is 0 Å². The van der Waals surface area contributed by atoms with E-state index in [1.807, 2.05) is 38.1 Å². The predicted octanol–water partition coefficient (Wildman–Crippen LogP) is 1.52. The lowest BCUT2D eigenvalue weighted by Crippen LogP contribution is -2.34. The molecule has 1 heterocycles. The van der Waals surface area contributed by atoms with Gasteiger partial charge in [-0.1, -0.05) is 25.1 Å². The van der Waals surface area contributed by atoms with Gasteiger partial charge in [-0.2, -0.15) is 5.26 Å². The highest BCUT2D eigenvalue weighted by atomic mass is 16.2. The van der Waals surface area contributed by atoms with Crippen LogP contribution in [0.4, 0.5) is 5.69 Å². The van der Waals surface area contributed by atoms with Crippen LogP contribution in [-0.2, 0) is 4.79 Å². The number of aryl methyl sites for hydroxylation is 1. The molecule has 0 spiro atoms. The maximum atomic E-state index is 12.2. The molecule has 0 saturated carbocycles. The van der Waals surface area contributed by atoms with Crippen LogP contribution in [0.1, 0.15) is 24.1 Å². The molecule has 1 aromatic rings. The fraction of sp³-hybridized carbons (Fsp3) is 0.385. The van der Waals surface area contributed by atoms with Crippen LogP contribution >= 0.6 is 0 Å². The molecule has 1 amide bonds. The van der Waals surface area contributed by atoms with Gasteiger partial charge in [-0.05, 0) is 19.0 Å². The van der Waals surface area contributed by atoms with E-state index in [0.29, 0.717) is 0 Å². The van der Waals surface area contributed by atoms with Crippen LogP contribution in [0, 0.1) is 18.3 Å². The molecule has 0 fully saturated rings. The average Bonchev–Trinajstić information content (AvgIpc) is 2.57. The van der Waals surface area contributed by atoms with Crippen LogP contribution in [0.15, 0.2) is 18.2 Å². The zero-order valence-electron chi connectivity index (χ0n) is 10.0. The molecule has 4 heteroatoms. The number of fused-ring (bicyclic) bond motifs is 1. The van der Waals surface area contributed by atoms with Crippen molar-refractivity contribution in [3.05, 3.63) is 29.3 Å². The number of nitrogens with one attached hydrogen (secondary N) is 1. The zero-order chi connectivity index (χ0) is 12.4. The van der Waals surface area contributed by atoms with Crippen molar-refractivity contribution in [3.8, 4) is 6.07 Å². The number of nitrogens with zero attached hydrogens (tertiary/aromatic N) is 2. The van der Waals surface area contributed by atoms with E-state index in [1.165, 1.54) is 0 Å². The first-order valence-corrected chi connectivity index (χ1v) is 5.72. The molecule has 88 valence electrons. The Hall–Kier alpha value is -1.86. The van der Waals surface area contributed by atoms with Gasteiger partial charge in [0.15, 0.2) is 0 Å². The molecule has 0 bridgehead atoms. The third-order valence-electron chi connectivity index (χ3n) is 3.00. The summed E-state index contributed by atoms with van der Waals surface area (Å²) in [7, 11) is 0. The highest BCUT2D eigenvalue weighted by Crippen LogP contribution is 2.37. The monoisotopic (exact) mass is 229 g/mol.